The summed E-state index contributed by atoms with van der Waals surface area (Å²) in [6.07, 6.45) is -4.41. The molecule has 0 heterocycles. The summed E-state index contributed by atoms with van der Waals surface area (Å²) >= 11 is 5.81. The standard InChI is InChI=1S/C10H11ClF3NO/c1-9(2,16-15)7-5-6(10(12,13)14)3-4-8(7)11/h3-5H,15H2,1-2H3. The van der Waals surface area contributed by atoms with Crippen LogP contribution in [0.2, 0.25) is 5.02 Å². The summed E-state index contributed by atoms with van der Waals surface area (Å²) in [5.41, 5.74) is -1.65. The summed E-state index contributed by atoms with van der Waals surface area (Å²) in [5.74, 6) is 5.03. The van der Waals surface area contributed by atoms with Crippen LogP contribution in [0.4, 0.5) is 13.2 Å². The van der Waals surface area contributed by atoms with Crippen LogP contribution in [0, 0.1) is 0 Å². The molecule has 0 aliphatic carbocycles. The van der Waals surface area contributed by atoms with E-state index in [-0.39, 0.29) is 10.6 Å². The summed E-state index contributed by atoms with van der Waals surface area (Å²) in [4.78, 5) is 4.62. The third-order valence-electron chi connectivity index (χ3n) is 2.24. The molecule has 0 amide bonds. The van der Waals surface area contributed by atoms with E-state index < -0.39 is 17.3 Å². The van der Waals surface area contributed by atoms with Gasteiger partial charge in [0.05, 0.1) is 5.56 Å². The Labute approximate surface area is 96.1 Å². The Bertz CT molecular complexity index is 390. The lowest BCUT2D eigenvalue weighted by Gasteiger charge is -2.24. The number of benzene rings is 1. The van der Waals surface area contributed by atoms with Gasteiger partial charge < -0.3 is 0 Å². The van der Waals surface area contributed by atoms with E-state index in [9.17, 15) is 13.2 Å². The number of rotatable bonds is 2. The van der Waals surface area contributed by atoms with Crippen LogP contribution in [0.15, 0.2) is 18.2 Å². The highest BCUT2D eigenvalue weighted by molar-refractivity contribution is 6.31. The average molecular weight is 254 g/mol. The van der Waals surface area contributed by atoms with Gasteiger partial charge in [-0.2, -0.15) is 13.2 Å². The Morgan fingerprint density at radius 1 is 1.25 bits per heavy atom. The molecule has 1 aromatic rings. The second kappa shape index (κ2) is 4.24. The zero-order valence-corrected chi connectivity index (χ0v) is 9.49. The van der Waals surface area contributed by atoms with Crippen LogP contribution in [-0.2, 0) is 16.6 Å². The normalized spacial score (nSPS) is 12.9. The zero-order chi connectivity index (χ0) is 12.6. The summed E-state index contributed by atoms with van der Waals surface area (Å²) in [7, 11) is 0. The first kappa shape index (κ1) is 13.3. The van der Waals surface area contributed by atoms with Gasteiger partial charge in [0.1, 0.15) is 5.60 Å². The second-order valence-electron chi connectivity index (χ2n) is 3.82. The molecule has 1 rings (SSSR count). The van der Waals surface area contributed by atoms with Crippen LogP contribution in [0.5, 0.6) is 0 Å². The van der Waals surface area contributed by atoms with Crippen LogP contribution >= 0.6 is 11.6 Å². The highest BCUT2D eigenvalue weighted by atomic mass is 35.5. The number of nitrogens with two attached hydrogens (primary N) is 1. The fourth-order valence-corrected chi connectivity index (χ4v) is 1.57. The lowest BCUT2D eigenvalue weighted by Crippen LogP contribution is -2.26. The summed E-state index contributed by atoms with van der Waals surface area (Å²) < 4.78 is 37.4. The number of alkyl halides is 3. The molecular formula is C10H11ClF3NO. The van der Waals surface area contributed by atoms with Crippen molar-refractivity contribution in [2.24, 2.45) is 5.90 Å². The molecule has 0 atom stereocenters. The van der Waals surface area contributed by atoms with Gasteiger partial charge in [0.2, 0.25) is 0 Å². The molecule has 0 fully saturated rings. The summed E-state index contributed by atoms with van der Waals surface area (Å²) in [6.45, 7) is 3.07. The van der Waals surface area contributed by atoms with E-state index in [0.717, 1.165) is 12.1 Å². The maximum absolute atomic E-state index is 12.5. The van der Waals surface area contributed by atoms with Crippen molar-refractivity contribution in [3.05, 3.63) is 34.3 Å². The molecule has 2 nitrogen and oxygen atoms in total. The molecule has 0 aliphatic heterocycles. The van der Waals surface area contributed by atoms with Gasteiger partial charge in [-0.25, -0.2) is 5.90 Å². The predicted molar refractivity (Wildman–Crippen MR) is 54.8 cm³/mol. The lowest BCUT2D eigenvalue weighted by molar-refractivity contribution is -0.137. The first-order valence-electron chi connectivity index (χ1n) is 4.43. The van der Waals surface area contributed by atoms with Gasteiger partial charge in [0.25, 0.3) is 0 Å². The van der Waals surface area contributed by atoms with Crippen molar-refractivity contribution in [1.29, 1.82) is 0 Å². The van der Waals surface area contributed by atoms with E-state index in [0.29, 0.717) is 0 Å². The minimum Gasteiger partial charge on any atom is -0.294 e. The van der Waals surface area contributed by atoms with E-state index in [4.69, 9.17) is 17.5 Å². The van der Waals surface area contributed by atoms with E-state index in [1.807, 2.05) is 0 Å². The van der Waals surface area contributed by atoms with E-state index in [2.05, 4.69) is 4.84 Å². The van der Waals surface area contributed by atoms with Crippen LogP contribution in [0.25, 0.3) is 0 Å². The Balaban J connectivity index is 3.30. The topological polar surface area (TPSA) is 35.2 Å². The lowest BCUT2D eigenvalue weighted by atomic mass is 9.96. The molecule has 0 radical (unpaired) electrons. The maximum atomic E-state index is 12.5. The zero-order valence-electron chi connectivity index (χ0n) is 8.73. The number of hydrogen-bond donors (Lipinski definition) is 1. The second-order valence-corrected chi connectivity index (χ2v) is 4.23. The first-order chi connectivity index (χ1) is 7.18. The van der Waals surface area contributed by atoms with Gasteiger partial charge >= 0.3 is 6.18 Å². The summed E-state index contributed by atoms with van der Waals surface area (Å²) in [5, 5.41) is 0.184. The third kappa shape index (κ3) is 2.66. The molecule has 0 unspecified atom stereocenters. The van der Waals surface area contributed by atoms with Crippen molar-refractivity contribution < 1.29 is 18.0 Å². The Hall–Kier alpha value is -0.780. The molecule has 90 valence electrons. The highest BCUT2D eigenvalue weighted by Gasteiger charge is 2.33. The van der Waals surface area contributed by atoms with E-state index in [1.54, 1.807) is 0 Å². The Morgan fingerprint density at radius 3 is 2.25 bits per heavy atom. The average Bonchev–Trinajstić information content (AvgIpc) is 2.16. The van der Waals surface area contributed by atoms with Crippen molar-refractivity contribution in [2.45, 2.75) is 25.6 Å². The Morgan fingerprint density at radius 2 is 1.81 bits per heavy atom. The van der Waals surface area contributed by atoms with Gasteiger partial charge in [-0.05, 0) is 32.0 Å². The van der Waals surface area contributed by atoms with Gasteiger partial charge in [-0.1, -0.05) is 11.6 Å². The van der Waals surface area contributed by atoms with Crippen molar-refractivity contribution in [2.75, 3.05) is 0 Å². The maximum Gasteiger partial charge on any atom is 0.416 e. The molecule has 2 N–H and O–H groups in total. The Kier molecular flexibility index (Phi) is 3.52. The van der Waals surface area contributed by atoms with Gasteiger partial charge in [0, 0.05) is 10.6 Å². The molecule has 0 saturated heterocycles. The quantitative estimate of drug-likeness (QED) is 0.819. The predicted octanol–water partition coefficient (Wildman–Crippen LogP) is 3.48. The summed E-state index contributed by atoms with van der Waals surface area (Å²) in [6, 6.07) is 3.04. The molecule has 16 heavy (non-hydrogen) atoms. The van der Waals surface area contributed by atoms with Crippen LogP contribution in [0.3, 0.4) is 0 Å². The first-order valence-corrected chi connectivity index (χ1v) is 4.81. The molecule has 0 spiro atoms. The van der Waals surface area contributed by atoms with Crippen molar-refractivity contribution >= 4 is 11.6 Å². The van der Waals surface area contributed by atoms with Crippen molar-refractivity contribution in [3.8, 4) is 0 Å². The highest BCUT2D eigenvalue weighted by Crippen LogP contribution is 2.36. The van der Waals surface area contributed by atoms with E-state index in [1.165, 1.54) is 19.9 Å². The molecular weight excluding hydrogens is 243 g/mol. The van der Waals surface area contributed by atoms with Gasteiger partial charge in [-0.3, -0.25) is 4.84 Å². The minimum atomic E-state index is -4.41. The monoisotopic (exact) mass is 253 g/mol. The van der Waals surface area contributed by atoms with Crippen molar-refractivity contribution in [3.63, 3.8) is 0 Å². The molecule has 6 heteroatoms. The molecule has 0 aliphatic rings. The SMILES string of the molecule is CC(C)(ON)c1cc(C(F)(F)F)ccc1Cl. The number of hydrogen-bond acceptors (Lipinski definition) is 2. The molecule has 0 bridgehead atoms. The van der Waals surface area contributed by atoms with Gasteiger partial charge in [0.15, 0.2) is 0 Å². The molecule has 1 aromatic carbocycles. The molecule has 0 aromatic heterocycles. The van der Waals surface area contributed by atoms with Crippen molar-refractivity contribution in [1.82, 2.24) is 0 Å². The van der Waals surface area contributed by atoms with E-state index >= 15 is 0 Å². The largest absolute Gasteiger partial charge is 0.416 e. The third-order valence-corrected chi connectivity index (χ3v) is 2.57. The van der Waals surface area contributed by atoms with Gasteiger partial charge in [-0.15, -0.1) is 0 Å². The fourth-order valence-electron chi connectivity index (χ4n) is 1.23. The molecule has 0 saturated carbocycles. The van der Waals surface area contributed by atoms with Crippen LogP contribution in [-0.4, -0.2) is 0 Å². The van der Waals surface area contributed by atoms with Crippen LogP contribution < -0.4 is 5.90 Å². The number of halogens is 4. The van der Waals surface area contributed by atoms with Crippen LogP contribution in [0.1, 0.15) is 25.0 Å². The smallest absolute Gasteiger partial charge is 0.294 e. The fraction of sp³-hybridized carbons (Fsp3) is 0.400. The minimum absolute atomic E-state index is 0.184.